The number of rotatable bonds is 10. The molecular formula is C17H29NO3. The van der Waals surface area contributed by atoms with Gasteiger partial charge in [0.05, 0.1) is 19.8 Å². The maximum absolute atomic E-state index is 10.6. The lowest BCUT2D eigenvalue weighted by Crippen LogP contribution is -2.39. The van der Waals surface area contributed by atoms with Gasteiger partial charge in [0, 0.05) is 31.8 Å². The van der Waals surface area contributed by atoms with Crippen molar-refractivity contribution in [1.82, 2.24) is 4.90 Å². The zero-order valence-corrected chi connectivity index (χ0v) is 13.7. The van der Waals surface area contributed by atoms with Gasteiger partial charge in [-0.15, -0.1) is 0 Å². The van der Waals surface area contributed by atoms with Crippen molar-refractivity contribution in [2.75, 3.05) is 33.9 Å². The summed E-state index contributed by atoms with van der Waals surface area (Å²) in [5.41, 5.74) is 0.841. The third-order valence-corrected chi connectivity index (χ3v) is 3.95. The second kappa shape index (κ2) is 9.77. The topological polar surface area (TPSA) is 41.9 Å². The molecule has 1 aromatic carbocycles. The molecule has 0 amide bonds. The third kappa shape index (κ3) is 5.30. The minimum atomic E-state index is -0.557. The number of para-hydroxylation sites is 1. The number of ether oxygens (including phenoxy) is 2. The lowest BCUT2D eigenvalue weighted by molar-refractivity contribution is 0.0598. The first-order chi connectivity index (χ1) is 10.2. The predicted octanol–water partition coefficient (Wildman–Crippen LogP) is 2.87. The van der Waals surface area contributed by atoms with E-state index in [2.05, 4.69) is 18.7 Å². The summed E-state index contributed by atoms with van der Waals surface area (Å²) in [6.45, 7) is 6.47. The standard InChI is InChI=1S/C17H29NO3/c1-5-14(6-2)18(11-12-20-3)13-16(19)15-9-7-8-10-17(15)21-4/h7-10,14,16,19H,5-6,11-13H2,1-4H3. The van der Waals surface area contributed by atoms with Crippen molar-refractivity contribution in [2.45, 2.75) is 38.8 Å². The van der Waals surface area contributed by atoms with Gasteiger partial charge < -0.3 is 14.6 Å². The van der Waals surface area contributed by atoms with Gasteiger partial charge in [0.15, 0.2) is 0 Å². The monoisotopic (exact) mass is 295 g/mol. The van der Waals surface area contributed by atoms with Crippen molar-refractivity contribution in [3.8, 4) is 5.75 Å². The van der Waals surface area contributed by atoms with Crippen LogP contribution in [0, 0.1) is 0 Å². The molecule has 0 radical (unpaired) electrons. The van der Waals surface area contributed by atoms with E-state index >= 15 is 0 Å². The molecule has 0 saturated carbocycles. The fourth-order valence-corrected chi connectivity index (χ4v) is 2.70. The molecule has 0 aliphatic heterocycles. The molecule has 0 bridgehead atoms. The first-order valence-electron chi connectivity index (χ1n) is 7.71. The van der Waals surface area contributed by atoms with Crippen LogP contribution in [0.3, 0.4) is 0 Å². The Labute approximate surface area is 128 Å². The van der Waals surface area contributed by atoms with Crippen molar-refractivity contribution in [3.05, 3.63) is 29.8 Å². The molecule has 0 aromatic heterocycles. The molecule has 0 aliphatic rings. The summed E-state index contributed by atoms with van der Waals surface area (Å²) in [5, 5.41) is 10.6. The van der Waals surface area contributed by atoms with Crippen LogP contribution in [0.1, 0.15) is 38.4 Å². The Morgan fingerprint density at radius 3 is 2.38 bits per heavy atom. The van der Waals surface area contributed by atoms with E-state index in [0.717, 1.165) is 30.7 Å². The van der Waals surface area contributed by atoms with Gasteiger partial charge in [-0.05, 0) is 18.9 Å². The summed E-state index contributed by atoms with van der Waals surface area (Å²) in [6.07, 6.45) is 1.58. The maximum Gasteiger partial charge on any atom is 0.124 e. The Balaban J connectivity index is 2.80. The van der Waals surface area contributed by atoms with Gasteiger partial charge in [0.2, 0.25) is 0 Å². The summed E-state index contributed by atoms with van der Waals surface area (Å²) in [4.78, 5) is 2.31. The van der Waals surface area contributed by atoms with Crippen molar-refractivity contribution < 1.29 is 14.6 Å². The van der Waals surface area contributed by atoms with Crippen molar-refractivity contribution in [3.63, 3.8) is 0 Å². The summed E-state index contributed by atoms with van der Waals surface area (Å²) < 4.78 is 10.5. The molecule has 1 unspecified atom stereocenters. The Kier molecular flexibility index (Phi) is 8.35. The molecule has 120 valence electrons. The van der Waals surface area contributed by atoms with Crippen LogP contribution in [-0.4, -0.2) is 50.0 Å². The predicted molar refractivity (Wildman–Crippen MR) is 85.8 cm³/mol. The molecular weight excluding hydrogens is 266 g/mol. The van der Waals surface area contributed by atoms with Crippen molar-refractivity contribution >= 4 is 0 Å². The second-order valence-electron chi connectivity index (χ2n) is 5.22. The van der Waals surface area contributed by atoms with E-state index in [1.165, 1.54) is 0 Å². The second-order valence-corrected chi connectivity index (χ2v) is 5.22. The summed E-state index contributed by atoms with van der Waals surface area (Å²) in [6, 6.07) is 8.11. The van der Waals surface area contributed by atoms with Crippen LogP contribution in [0.2, 0.25) is 0 Å². The number of aliphatic hydroxyl groups is 1. The first kappa shape index (κ1) is 18.0. The zero-order valence-electron chi connectivity index (χ0n) is 13.7. The van der Waals surface area contributed by atoms with Crippen LogP contribution in [0.15, 0.2) is 24.3 Å². The Hall–Kier alpha value is -1.10. The van der Waals surface area contributed by atoms with E-state index in [0.29, 0.717) is 19.2 Å². The molecule has 4 heteroatoms. The summed E-state index contributed by atoms with van der Waals surface area (Å²) in [7, 11) is 3.34. The lowest BCUT2D eigenvalue weighted by atomic mass is 10.1. The first-order valence-corrected chi connectivity index (χ1v) is 7.71. The number of hydrogen-bond donors (Lipinski definition) is 1. The average Bonchev–Trinajstić information content (AvgIpc) is 2.53. The van der Waals surface area contributed by atoms with Gasteiger partial charge in [0.1, 0.15) is 5.75 Å². The molecule has 0 fully saturated rings. The number of methoxy groups -OCH3 is 2. The lowest BCUT2D eigenvalue weighted by Gasteiger charge is -2.32. The Morgan fingerprint density at radius 1 is 1.14 bits per heavy atom. The number of nitrogens with zero attached hydrogens (tertiary/aromatic N) is 1. The molecule has 1 N–H and O–H groups in total. The van der Waals surface area contributed by atoms with Gasteiger partial charge in [-0.2, -0.15) is 0 Å². The van der Waals surface area contributed by atoms with Gasteiger partial charge in [-0.1, -0.05) is 32.0 Å². The van der Waals surface area contributed by atoms with E-state index in [1.807, 2.05) is 24.3 Å². The third-order valence-electron chi connectivity index (χ3n) is 3.95. The van der Waals surface area contributed by atoms with Gasteiger partial charge >= 0.3 is 0 Å². The maximum atomic E-state index is 10.6. The van der Waals surface area contributed by atoms with E-state index in [-0.39, 0.29) is 0 Å². The minimum Gasteiger partial charge on any atom is -0.496 e. The van der Waals surface area contributed by atoms with Crippen LogP contribution in [0.25, 0.3) is 0 Å². The van der Waals surface area contributed by atoms with Crippen LogP contribution in [0.4, 0.5) is 0 Å². The highest BCUT2D eigenvalue weighted by molar-refractivity contribution is 5.35. The molecule has 0 spiro atoms. The summed E-state index contributed by atoms with van der Waals surface area (Å²) >= 11 is 0. The van der Waals surface area contributed by atoms with E-state index in [1.54, 1.807) is 14.2 Å². The molecule has 4 nitrogen and oxygen atoms in total. The molecule has 0 heterocycles. The highest BCUT2D eigenvalue weighted by Crippen LogP contribution is 2.26. The fourth-order valence-electron chi connectivity index (χ4n) is 2.70. The molecule has 1 atom stereocenters. The van der Waals surface area contributed by atoms with Gasteiger partial charge in [-0.25, -0.2) is 0 Å². The quantitative estimate of drug-likeness (QED) is 0.721. The Bertz CT molecular complexity index is 393. The average molecular weight is 295 g/mol. The number of aliphatic hydroxyl groups excluding tert-OH is 1. The molecule has 1 rings (SSSR count). The van der Waals surface area contributed by atoms with Crippen LogP contribution in [0.5, 0.6) is 5.75 Å². The molecule has 21 heavy (non-hydrogen) atoms. The molecule has 1 aromatic rings. The highest BCUT2D eigenvalue weighted by Gasteiger charge is 2.21. The van der Waals surface area contributed by atoms with Crippen molar-refractivity contribution in [2.24, 2.45) is 0 Å². The summed E-state index contributed by atoms with van der Waals surface area (Å²) in [5.74, 6) is 0.737. The van der Waals surface area contributed by atoms with Crippen LogP contribution < -0.4 is 4.74 Å². The normalized spacial score (nSPS) is 12.9. The zero-order chi connectivity index (χ0) is 15.7. The number of benzene rings is 1. The molecule has 0 aliphatic carbocycles. The SMILES string of the molecule is CCC(CC)N(CCOC)CC(O)c1ccccc1OC. The van der Waals surface area contributed by atoms with E-state index in [4.69, 9.17) is 9.47 Å². The van der Waals surface area contributed by atoms with E-state index in [9.17, 15) is 5.11 Å². The Morgan fingerprint density at radius 2 is 1.81 bits per heavy atom. The molecule has 0 saturated heterocycles. The number of hydrogen-bond acceptors (Lipinski definition) is 4. The van der Waals surface area contributed by atoms with E-state index < -0.39 is 6.10 Å². The van der Waals surface area contributed by atoms with Gasteiger partial charge in [0.25, 0.3) is 0 Å². The highest BCUT2D eigenvalue weighted by atomic mass is 16.5. The smallest absolute Gasteiger partial charge is 0.124 e. The van der Waals surface area contributed by atoms with Gasteiger partial charge in [-0.3, -0.25) is 4.90 Å². The minimum absolute atomic E-state index is 0.463. The largest absolute Gasteiger partial charge is 0.496 e. The van der Waals surface area contributed by atoms with Crippen LogP contribution >= 0.6 is 0 Å². The van der Waals surface area contributed by atoms with Crippen LogP contribution in [-0.2, 0) is 4.74 Å². The van der Waals surface area contributed by atoms with Crippen molar-refractivity contribution in [1.29, 1.82) is 0 Å². The fraction of sp³-hybridized carbons (Fsp3) is 0.647.